The first-order valence-corrected chi connectivity index (χ1v) is 3.57. The molecule has 0 aliphatic rings. The fourth-order valence-corrected chi connectivity index (χ4v) is 0.838. The van der Waals surface area contributed by atoms with E-state index < -0.39 is 0 Å². The highest BCUT2D eigenvalue weighted by Crippen LogP contribution is 1.88. The van der Waals surface area contributed by atoms with Crippen LogP contribution in [0.2, 0.25) is 0 Å². The summed E-state index contributed by atoms with van der Waals surface area (Å²) in [4.78, 5) is 11.1. The minimum atomic E-state index is -0.200. The van der Waals surface area contributed by atoms with Crippen molar-refractivity contribution < 1.29 is 0 Å². The van der Waals surface area contributed by atoms with Crippen LogP contribution in [0.3, 0.4) is 0 Å². The van der Waals surface area contributed by atoms with Gasteiger partial charge in [-0.2, -0.15) is 5.10 Å². The van der Waals surface area contributed by atoms with Crippen LogP contribution in [0, 0.1) is 0 Å². The molecule has 11 heavy (non-hydrogen) atoms. The Labute approximate surface area is 64.6 Å². The van der Waals surface area contributed by atoms with E-state index in [2.05, 4.69) is 5.10 Å². The molecule has 2 N–H and O–H groups in total. The molecule has 0 amide bonds. The molecule has 1 rings (SSSR count). The minimum Gasteiger partial charge on any atom is -0.394 e. The Balaban J connectivity index is 3.07. The molecule has 4 nitrogen and oxygen atoms in total. The topological polar surface area (TPSA) is 60.9 Å². The van der Waals surface area contributed by atoms with Crippen molar-refractivity contribution in [3.05, 3.63) is 22.6 Å². The molecular formula is C7H11N3O. The van der Waals surface area contributed by atoms with Crippen LogP contribution >= 0.6 is 0 Å². The number of hydrogen-bond donors (Lipinski definition) is 1. The first-order chi connectivity index (χ1) is 5.25. The Hall–Kier alpha value is -1.32. The lowest BCUT2D eigenvalue weighted by Gasteiger charge is -2.00. The summed E-state index contributed by atoms with van der Waals surface area (Å²) in [6, 6.07) is 1.51. The average molecular weight is 153 g/mol. The molecular weight excluding hydrogens is 142 g/mol. The third-order valence-corrected chi connectivity index (χ3v) is 1.38. The number of hydrogen-bond acceptors (Lipinski definition) is 3. The van der Waals surface area contributed by atoms with Gasteiger partial charge in [0.15, 0.2) is 0 Å². The van der Waals surface area contributed by atoms with E-state index in [4.69, 9.17) is 5.73 Å². The molecule has 0 spiro atoms. The zero-order chi connectivity index (χ0) is 8.27. The molecule has 0 aliphatic carbocycles. The highest BCUT2D eigenvalue weighted by atomic mass is 16.1. The van der Waals surface area contributed by atoms with Crippen molar-refractivity contribution in [1.82, 2.24) is 9.78 Å². The van der Waals surface area contributed by atoms with Gasteiger partial charge in [-0.1, -0.05) is 6.92 Å². The molecule has 0 saturated heterocycles. The minimum absolute atomic E-state index is 0.200. The van der Waals surface area contributed by atoms with Crippen LogP contribution in [0.1, 0.15) is 13.3 Å². The van der Waals surface area contributed by atoms with Gasteiger partial charge in [-0.15, -0.1) is 0 Å². The predicted molar refractivity (Wildman–Crippen MR) is 43.2 cm³/mol. The molecule has 1 aromatic heterocycles. The van der Waals surface area contributed by atoms with Gasteiger partial charge in [-0.25, -0.2) is 4.68 Å². The maximum Gasteiger partial charge on any atom is 0.289 e. The predicted octanol–water partition coefficient (Wildman–Crippen LogP) is 0.236. The monoisotopic (exact) mass is 153 g/mol. The fourth-order valence-electron chi connectivity index (χ4n) is 0.838. The number of nitrogens with two attached hydrogens (primary N) is 1. The van der Waals surface area contributed by atoms with Crippen molar-refractivity contribution in [3.8, 4) is 0 Å². The second-order valence-corrected chi connectivity index (χ2v) is 2.31. The summed E-state index contributed by atoms with van der Waals surface area (Å²) in [5.41, 5.74) is 5.44. The molecule has 0 fully saturated rings. The van der Waals surface area contributed by atoms with Crippen molar-refractivity contribution in [2.24, 2.45) is 0 Å². The van der Waals surface area contributed by atoms with Gasteiger partial charge in [-0.05, 0) is 12.5 Å². The summed E-state index contributed by atoms with van der Waals surface area (Å²) in [6.07, 6.45) is 2.42. The maximum absolute atomic E-state index is 11.1. The Kier molecular flexibility index (Phi) is 2.25. The van der Waals surface area contributed by atoms with Crippen LogP contribution in [-0.2, 0) is 6.54 Å². The summed E-state index contributed by atoms with van der Waals surface area (Å²) >= 11 is 0. The van der Waals surface area contributed by atoms with Crippen molar-refractivity contribution >= 4 is 5.69 Å². The van der Waals surface area contributed by atoms with Gasteiger partial charge in [0.2, 0.25) is 0 Å². The highest BCUT2D eigenvalue weighted by molar-refractivity contribution is 5.31. The molecule has 60 valence electrons. The van der Waals surface area contributed by atoms with Gasteiger partial charge in [0.1, 0.15) is 5.69 Å². The molecule has 0 aromatic carbocycles. The molecule has 0 aliphatic heterocycles. The van der Waals surface area contributed by atoms with E-state index >= 15 is 0 Å². The van der Waals surface area contributed by atoms with Gasteiger partial charge >= 0.3 is 0 Å². The van der Waals surface area contributed by atoms with Crippen LogP contribution in [0.5, 0.6) is 0 Å². The number of aromatic nitrogens is 2. The zero-order valence-electron chi connectivity index (χ0n) is 6.45. The van der Waals surface area contributed by atoms with E-state index in [0.717, 1.165) is 6.42 Å². The van der Waals surface area contributed by atoms with Crippen molar-refractivity contribution in [3.63, 3.8) is 0 Å². The van der Waals surface area contributed by atoms with E-state index in [1.54, 1.807) is 0 Å². The smallest absolute Gasteiger partial charge is 0.289 e. The molecule has 4 heteroatoms. The first kappa shape index (κ1) is 7.78. The lowest BCUT2D eigenvalue weighted by atomic mass is 10.4. The van der Waals surface area contributed by atoms with Gasteiger partial charge in [-0.3, -0.25) is 4.79 Å². The lowest BCUT2D eigenvalue weighted by molar-refractivity contribution is 0.570. The van der Waals surface area contributed by atoms with Gasteiger partial charge < -0.3 is 5.73 Å². The number of nitrogens with zero attached hydrogens (tertiary/aromatic N) is 2. The Morgan fingerprint density at radius 3 is 3.09 bits per heavy atom. The second-order valence-electron chi connectivity index (χ2n) is 2.31. The summed E-state index contributed by atoms with van der Waals surface area (Å²) in [6.45, 7) is 2.61. The largest absolute Gasteiger partial charge is 0.394 e. The summed E-state index contributed by atoms with van der Waals surface area (Å²) in [5, 5.41) is 3.85. The first-order valence-electron chi connectivity index (χ1n) is 3.57. The summed E-state index contributed by atoms with van der Waals surface area (Å²) in [5.74, 6) is 0. The van der Waals surface area contributed by atoms with E-state index in [1.807, 2.05) is 6.92 Å². The Morgan fingerprint density at radius 1 is 1.73 bits per heavy atom. The van der Waals surface area contributed by atoms with Crippen LogP contribution in [0.25, 0.3) is 0 Å². The average Bonchev–Trinajstić information content (AvgIpc) is 1.99. The quantitative estimate of drug-likeness (QED) is 0.661. The van der Waals surface area contributed by atoms with Crippen molar-refractivity contribution in [2.45, 2.75) is 19.9 Å². The standard InChI is InChI=1S/C7H11N3O/c1-2-5-10-7(11)6(8)3-4-9-10/h3-4H,2,5,8H2,1H3. The molecule has 0 bridgehead atoms. The van der Waals surface area contributed by atoms with Crippen LogP contribution in [0.4, 0.5) is 5.69 Å². The maximum atomic E-state index is 11.1. The van der Waals surface area contributed by atoms with Gasteiger partial charge in [0, 0.05) is 12.7 Å². The third-order valence-electron chi connectivity index (χ3n) is 1.38. The van der Waals surface area contributed by atoms with E-state index in [1.165, 1.54) is 16.9 Å². The second kappa shape index (κ2) is 3.18. The molecule has 0 unspecified atom stereocenters. The fraction of sp³-hybridized carbons (Fsp3) is 0.429. The van der Waals surface area contributed by atoms with Crippen LogP contribution < -0.4 is 11.3 Å². The molecule has 1 heterocycles. The normalized spacial score (nSPS) is 9.91. The van der Waals surface area contributed by atoms with Crippen molar-refractivity contribution in [1.29, 1.82) is 0 Å². The summed E-state index contributed by atoms with van der Waals surface area (Å²) < 4.78 is 1.37. The number of aryl methyl sites for hydroxylation is 1. The zero-order valence-corrected chi connectivity index (χ0v) is 6.45. The number of rotatable bonds is 2. The van der Waals surface area contributed by atoms with Crippen molar-refractivity contribution in [2.75, 3.05) is 5.73 Å². The molecule has 0 radical (unpaired) electrons. The van der Waals surface area contributed by atoms with Crippen LogP contribution in [0.15, 0.2) is 17.1 Å². The van der Waals surface area contributed by atoms with Gasteiger partial charge in [0.05, 0.1) is 0 Å². The Morgan fingerprint density at radius 2 is 2.45 bits per heavy atom. The molecule has 0 atom stereocenters. The Bertz CT molecular complexity index is 292. The number of nitrogen functional groups attached to an aromatic ring is 1. The van der Waals surface area contributed by atoms with E-state index in [-0.39, 0.29) is 11.2 Å². The lowest BCUT2D eigenvalue weighted by Crippen LogP contribution is -2.24. The van der Waals surface area contributed by atoms with Crippen LogP contribution in [-0.4, -0.2) is 9.78 Å². The van der Waals surface area contributed by atoms with E-state index in [9.17, 15) is 4.79 Å². The molecule has 1 aromatic rings. The number of anilines is 1. The SMILES string of the molecule is CCCn1nccc(N)c1=O. The van der Waals surface area contributed by atoms with E-state index in [0.29, 0.717) is 6.54 Å². The summed E-state index contributed by atoms with van der Waals surface area (Å²) in [7, 11) is 0. The highest BCUT2D eigenvalue weighted by Gasteiger charge is 1.97. The van der Waals surface area contributed by atoms with Gasteiger partial charge in [0.25, 0.3) is 5.56 Å². The third kappa shape index (κ3) is 1.58. The molecule has 0 saturated carbocycles.